The number of rotatable bonds is 5. The molecule has 1 amide bonds. The molecule has 1 atom stereocenters. The predicted molar refractivity (Wildman–Crippen MR) is 101 cm³/mol. The number of anilines is 2. The van der Waals surface area contributed by atoms with Gasteiger partial charge in [-0.05, 0) is 38.1 Å². The van der Waals surface area contributed by atoms with Crippen molar-refractivity contribution in [2.24, 2.45) is 7.05 Å². The van der Waals surface area contributed by atoms with Crippen LogP contribution in [0.3, 0.4) is 0 Å². The van der Waals surface area contributed by atoms with Crippen LogP contribution in [-0.2, 0) is 21.9 Å². The molecule has 8 nitrogen and oxygen atoms in total. The highest BCUT2D eigenvalue weighted by Gasteiger charge is 2.29. The van der Waals surface area contributed by atoms with Gasteiger partial charge < -0.3 is 10.6 Å². The molecule has 0 spiro atoms. The van der Waals surface area contributed by atoms with Gasteiger partial charge in [-0.3, -0.25) is 13.8 Å². The lowest BCUT2D eigenvalue weighted by molar-refractivity contribution is -0.118. The zero-order valence-electron chi connectivity index (χ0n) is 15.1. The SMILES string of the molecule is CNC(C(=O)Nc1ccc(C)c(N2CCCS2(=O)=O)c1)c1cnn(C)c1. The first-order valence-electron chi connectivity index (χ1n) is 8.39. The van der Waals surface area contributed by atoms with E-state index in [9.17, 15) is 13.2 Å². The Morgan fingerprint density at radius 2 is 2.12 bits per heavy atom. The molecule has 0 saturated carbocycles. The lowest BCUT2D eigenvalue weighted by atomic mass is 10.1. The monoisotopic (exact) mass is 377 g/mol. The number of nitrogens with zero attached hydrogens (tertiary/aromatic N) is 3. The average molecular weight is 377 g/mol. The molecule has 0 radical (unpaired) electrons. The molecule has 1 aromatic carbocycles. The third-order valence-electron chi connectivity index (χ3n) is 4.45. The lowest BCUT2D eigenvalue weighted by Crippen LogP contribution is -2.30. The Morgan fingerprint density at radius 1 is 1.35 bits per heavy atom. The van der Waals surface area contributed by atoms with Crippen LogP contribution in [0, 0.1) is 6.92 Å². The van der Waals surface area contributed by atoms with Crippen molar-refractivity contribution in [1.29, 1.82) is 0 Å². The van der Waals surface area contributed by atoms with E-state index in [1.54, 1.807) is 43.3 Å². The van der Waals surface area contributed by atoms with Crippen molar-refractivity contribution in [3.63, 3.8) is 0 Å². The Bertz CT molecular complexity index is 922. The lowest BCUT2D eigenvalue weighted by Gasteiger charge is -2.21. The van der Waals surface area contributed by atoms with E-state index < -0.39 is 16.1 Å². The molecule has 0 aliphatic carbocycles. The molecule has 3 rings (SSSR count). The van der Waals surface area contributed by atoms with E-state index >= 15 is 0 Å². The summed E-state index contributed by atoms with van der Waals surface area (Å²) in [6.07, 6.45) is 4.03. The summed E-state index contributed by atoms with van der Waals surface area (Å²) in [5, 5.41) is 9.93. The maximum Gasteiger partial charge on any atom is 0.246 e. The third kappa shape index (κ3) is 3.58. The summed E-state index contributed by atoms with van der Waals surface area (Å²) in [5.74, 6) is -0.0779. The Balaban J connectivity index is 1.84. The van der Waals surface area contributed by atoms with Gasteiger partial charge in [0, 0.05) is 31.0 Å². The maximum atomic E-state index is 12.7. The van der Waals surface area contributed by atoms with Crippen LogP contribution in [0.2, 0.25) is 0 Å². The summed E-state index contributed by atoms with van der Waals surface area (Å²) in [4.78, 5) is 12.7. The number of carbonyl (C=O) groups excluding carboxylic acids is 1. The van der Waals surface area contributed by atoms with Crippen LogP contribution >= 0.6 is 0 Å². The first-order valence-corrected chi connectivity index (χ1v) is 10.0. The molecule has 2 aromatic rings. The molecule has 1 aliphatic rings. The first-order chi connectivity index (χ1) is 12.3. The van der Waals surface area contributed by atoms with Crippen LogP contribution in [0.1, 0.15) is 23.6 Å². The van der Waals surface area contributed by atoms with E-state index in [1.807, 2.05) is 13.0 Å². The van der Waals surface area contributed by atoms with Crippen molar-refractivity contribution in [1.82, 2.24) is 15.1 Å². The minimum Gasteiger partial charge on any atom is -0.324 e. The second kappa shape index (κ2) is 7.08. The topological polar surface area (TPSA) is 96.3 Å². The highest BCUT2D eigenvalue weighted by molar-refractivity contribution is 7.93. The van der Waals surface area contributed by atoms with Gasteiger partial charge in [0.25, 0.3) is 0 Å². The highest BCUT2D eigenvalue weighted by Crippen LogP contribution is 2.30. The number of nitrogens with one attached hydrogen (secondary N) is 2. The molecule has 0 bridgehead atoms. The second-order valence-corrected chi connectivity index (χ2v) is 8.41. The largest absolute Gasteiger partial charge is 0.324 e. The van der Waals surface area contributed by atoms with Crippen molar-refractivity contribution in [2.45, 2.75) is 19.4 Å². The number of aryl methyl sites for hydroxylation is 2. The van der Waals surface area contributed by atoms with Gasteiger partial charge in [-0.15, -0.1) is 0 Å². The number of likely N-dealkylation sites (N-methyl/N-ethyl adjacent to an activating group) is 1. The number of hydrogen-bond acceptors (Lipinski definition) is 5. The Labute approximate surface area is 153 Å². The van der Waals surface area contributed by atoms with Crippen LogP contribution in [0.15, 0.2) is 30.6 Å². The van der Waals surface area contributed by atoms with Crippen LogP contribution in [0.4, 0.5) is 11.4 Å². The van der Waals surface area contributed by atoms with Gasteiger partial charge in [0.05, 0.1) is 17.6 Å². The highest BCUT2D eigenvalue weighted by atomic mass is 32.2. The van der Waals surface area contributed by atoms with Crippen molar-refractivity contribution in [3.05, 3.63) is 41.7 Å². The van der Waals surface area contributed by atoms with Gasteiger partial charge in [0.15, 0.2) is 0 Å². The van der Waals surface area contributed by atoms with E-state index in [1.165, 1.54) is 4.31 Å². The Hall–Kier alpha value is -2.39. The predicted octanol–water partition coefficient (Wildman–Crippen LogP) is 1.17. The Morgan fingerprint density at radius 3 is 2.69 bits per heavy atom. The average Bonchev–Trinajstić information content (AvgIpc) is 3.15. The van der Waals surface area contributed by atoms with Gasteiger partial charge in [-0.2, -0.15) is 5.10 Å². The van der Waals surface area contributed by atoms with E-state index in [0.29, 0.717) is 24.3 Å². The fraction of sp³-hybridized carbons (Fsp3) is 0.412. The molecular weight excluding hydrogens is 354 g/mol. The molecule has 140 valence electrons. The normalized spacial score (nSPS) is 17.3. The molecular formula is C17H23N5O3S. The van der Waals surface area contributed by atoms with Crippen molar-refractivity contribution in [2.75, 3.05) is 29.0 Å². The first kappa shape index (κ1) is 18.4. The summed E-state index contributed by atoms with van der Waals surface area (Å²) in [5.41, 5.74) is 2.78. The quantitative estimate of drug-likeness (QED) is 0.815. The summed E-state index contributed by atoms with van der Waals surface area (Å²) in [6, 6.07) is 4.75. The third-order valence-corrected chi connectivity index (χ3v) is 6.31. The van der Waals surface area contributed by atoms with E-state index in [2.05, 4.69) is 15.7 Å². The fourth-order valence-corrected chi connectivity index (χ4v) is 4.74. The number of benzene rings is 1. The fourth-order valence-electron chi connectivity index (χ4n) is 3.12. The van der Waals surface area contributed by atoms with Gasteiger partial charge in [-0.25, -0.2) is 8.42 Å². The smallest absolute Gasteiger partial charge is 0.246 e. The van der Waals surface area contributed by atoms with Gasteiger partial charge in [0.2, 0.25) is 15.9 Å². The molecule has 1 aliphatic heterocycles. The molecule has 1 fully saturated rings. The van der Waals surface area contributed by atoms with Crippen molar-refractivity contribution < 1.29 is 13.2 Å². The standard InChI is InChI=1S/C17H23N5O3S/c1-12-5-6-14(9-15(12)22-7-4-8-26(22,24)25)20-17(23)16(18-2)13-10-19-21(3)11-13/h5-6,9-11,16,18H,4,7-8H2,1-3H3,(H,20,23). The molecule has 2 N–H and O–H groups in total. The molecule has 9 heteroatoms. The molecule has 2 heterocycles. The number of sulfonamides is 1. The second-order valence-electron chi connectivity index (χ2n) is 6.40. The summed E-state index contributed by atoms with van der Waals surface area (Å²) in [7, 11) is 0.220. The number of hydrogen-bond donors (Lipinski definition) is 2. The molecule has 1 aromatic heterocycles. The van der Waals surface area contributed by atoms with Gasteiger partial charge in [0.1, 0.15) is 6.04 Å². The van der Waals surface area contributed by atoms with Crippen LogP contribution in [0.5, 0.6) is 0 Å². The zero-order valence-corrected chi connectivity index (χ0v) is 15.9. The minimum atomic E-state index is -3.27. The van der Waals surface area contributed by atoms with Gasteiger partial charge >= 0.3 is 0 Å². The zero-order chi connectivity index (χ0) is 18.9. The van der Waals surface area contributed by atoms with Crippen LogP contribution in [-0.4, -0.2) is 43.5 Å². The van der Waals surface area contributed by atoms with Crippen LogP contribution < -0.4 is 14.9 Å². The Kier molecular flexibility index (Phi) is 5.01. The number of aromatic nitrogens is 2. The number of amides is 1. The van der Waals surface area contributed by atoms with Gasteiger partial charge in [-0.1, -0.05) is 6.07 Å². The van der Waals surface area contributed by atoms with Crippen LogP contribution in [0.25, 0.3) is 0 Å². The molecule has 26 heavy (non-hydrogen) atoms. The maximum absolute atomic E-state index is 12.7. The van der Waals surface area contributed by atoms with Crippen molar-refractivity contribution in [3.8, 4) is 0 Å². The van der Waals surface area contributed by atoms with E-state index in [0.717, 1.165) is 11.1 Å². The van der Waals surface area contributed by atoms with E-state index in [-0.39, 0.29) is 11.7 Å². The minimum absolute atomic E-state index is 0.159. The summed E-state index contributed by atoms with van der Waals surface area (Å²) < 4.78 is 27.5. The summed E-state index contributed by atoms with van der Waals surface area (Å²) >= 11 is 0. The molecule has 1 unspecified atom stereocenters. The summed E-state index contributed by atoms with van der Waals surface area (Å²) in [6.45, 7) is 2.33. The molecule has 1 saturated heterocycles. The van der Waals surface area contributed by atoms with E-state index in [4.69, 9.17) is 0 Å². The number of carbonyl (C=O) groups is 1. The van der Waals surface area contributed by atoms with Crippen molar-refractivity contribution >= 4 is 27.3 Å².